The first-order valence-corrected chi connectivity index (χ1v) is 4.97. The summed E-state index contributed by atoms with van der Waals surface area (Å²) < 4.78 is 0. The molecule has 0 unspecified atom stereocenters. The van der Waals surface area contributed by atoms with Crippen molar-refractivity contribution in [1.29, 1.82) is 0 Å². The molecule has 0 fully saturated rings. The van der Waals surface area contributed by atoms with E-state index in [4.69, 9.17) is 5.53 Å². The highest BCUT2D eigenvalue weighted by Crippen LogP contribution is 2.22. The summed E-state index contributed by atoms with van der Waals surface area (Å²) in [6.45, 7) is -0.0880. The normalized spacial score (nSPS) is 13.1. The maximum absolute atomic E-state index is 11.5. The highest BCUT2D eigenvalue weighted by atomic mass is 16.1. The fourth-order valence-corrected chi connectivity index (χ4v) is 1.93. The lowest BCUT2D eigenvalue weighted by Crippen LogP contribution is -2.03. The number of fused-ring (bicyclic) bond motifs is 1. The molecule has 1 aliphatic rings. The number of benzene rings is 1. The summed E-state index contributed by atoms with van der Waals surface area (Å²) in [6, 6.07) is 5.75. The van der Waals surface area contributed by atoms with Crippen molar-refractivity contribution in [3.63, 3.8) is 0 Å². The highest BCUT2D eigenvalue weighted by molar-refractivity contribution is 5.97. The van der Waals surface area contributed by atoms with Crippen molar-refractivity contribution in [3.8, 4) is 0 Å². The number of aryl methyl sites for hydroxylation is 2. The average molecular weight is 201 g/mol. The van der Waals surface area contributed by atoms with Crippen LogP contribution in [0.5, 0.6) is 0 Å². The number of hydrogen-bond donors (Lipinski definition) is 0. The lowest BCUT2D eigenvalue weighted by atomic mass is 10.0. The molecule has 76 valence electrons. The van der Waals surface area contributed by atoms with Crippen LogP contribution in [0.1, 0.15) is 27.9 Å². The molecule has 1 aromatic carbocycles. The Balaban J connectivity index is 2.22. The number of rotatable bonds is 3. The van der Waals surface area contributed by atoms with Gasteiger partial charge in [0.1, 0.15) is 0 Å². The Kier molecular flexibility index (Phi) is 2.70. The van der Waals surface area contributed by atoms with Crippen molar-refractivity contribution in [3.05, 3.63) is 45.3 Å². The van der Waals surface area contributed by atoms with E-state index in [0.717, 1.165) is 12.8 Å². The third-order valence-electron chi connectivity index (χ3n) is 2.70. The quantitative estimate of drug-likeness (QED) is 0.321. The number of hydrogen-bond acceptors (Lipinski definition) is 2. The molecule has 0 spiro atoms. The van der Waals surface area contributed by atoms with Gasteiger partial charge in [-0.25, -0.2) is 0 Å². The van der Waals surface area contributed by atoms with Gasteiger partial charge in [0.25, 0.3) is 0 Å². The van der Waals surface area contributed by atoms with Crippen LogP contribution in [0.2, 0.25) is 0 Å². The fourth-order valence-electron chi connectivity index (χ4n) is 1.93. The largest absolute Gasteiger partial charge is 0.294 e. The predicted molar refractivity (Wildman–Crippen MR) is 56.8 cm³/mol. The van der Waals surface area contributed by atoms with Gasteiger partial charge in [0.05, 0.1) is 6.54 Å². The molecule has 0 amide bonds. The van der Waals surface area contributed by atoms with Crippen molar-refractivity contribution >= 4 is 5.78 Å². The Morgan fingerprint density at radius 1 is 1.40 bits per heavy atom. The number of ketones is 1. The SMILES string of the molecule is [N-]=[N+]=NCC(=O)c1ccc2c(c1)CCC2. The van der Waals surface area contributed by atoms with Gasteiger partial charge < -0.3 is 0 Å². The first-order valence-electron chi connectivity index (χ1n) is 4.97. The van der Waals surface area contributed by atoms with Crippen LogP contribution in [0.15, 0.2) is 23.3 Å². The predicted octanol–water partition coefficient (Wildman–Crippen LogP) is 2.67. The smallest absolute Gasteiger partial charge is 0.168 e. The van der Waals surface area contributed by atoms with Gasteiger partial charge in [-0.1, -0.05) is 17.2 Å². The Morgan fingerprint density at radius 2 is 2.20 bits per heavy atom. The van der Waals surface area contributed by atoms with Crippen LogP contribution in [0, 0.1) is 0 Å². The Hall–Kier alpha value is -1.80. The molecular formula is C11H11N3O. The van der Waals surface area contributed by atoms with Gasteiger partial charge in [-0.15, -0.1) is 0 Å². The summed E-state index contributed by atoms with van der Waals surface area (Å²) in [5, 5.41) is 3.27. The number of azide groups is 1. The van der Waals surface area contributed by atoms with Crippen LogP contribution < -0.4 is 0 Å². The lowest BCUT2D eigenvalue weighted by molar-refractivity contribution is 0.100. The van der Waals surface area contributed by atoms with Crippen molar-refractivity contribution in [2.75, 3.05) is 6.54 Å². The summed E-state index contributed by atoms with van der Waals surface area (Å²) in [5.41, 5.74) is 11.4. The highest BCUT2D eigenvalue weighted by Gasteiger charge is 2.13. The number of nitrogens with zero attached hydrogens (tertiary/aromatic N) is 3. The molecule has 2 rings (SSSR count). The zero-order valence-corrected chi connectivity index (χ0v) is 8.31. The molecule has 0 saturated carbocycles. The van der Waals surface area contributed by atoms with E-state index in [1.165, 1.54) is 17.5 Å². The second kappa shape index (κ2) is 4.15. The average Bonchev–Trinajstić information content (AvgIpc) is 2.72. The zero-order valence-electron chi connectivity index (χ0n) is 8.31. The summed E-state index contributed by atoms with van der Waals surface area (Å²) in [7, 11) is 0. The van der Waals surface area contributed by atoms with Crippen molar-refractivity contribution < 1.29 is 4.79 Å². The van der Waals surface area contributed by atoms with Crippen LogP contribution in [-0.2, 0) is 12.8 Å². The summed E-state index contributed by atoms with van der Waals surface area (Å²) >= 11 is 0. The van der Waals surface area contributed by atoms with Gasteiger partial charge in [-0.3, -0.25) is 4.79 Å². The topological polar surface area (TPSA) is 65.8 Å². The minimum absolute atomic E-state index is 0.0880. The van der Waals surface area contributed by atoms with Gasteiger partial charge in [-0.2, -0.15) is 0 Å². The fraction of sp³-hybridized carbons (Fsp3) is 0.364. The van der Waals surface area contributed by atoms with E-state index in [0.29, 0.717) is 5.56 Å². The molecular weight excluding hydrogens is 190 g/mol. The second-order valence-electron chi connectivity index (χ2n) is 3.65. The van der Waals surface area contributed by atoms with Gasteiger partial charge in [0, 0.05) is 10.5 Å². The number of Topliss-reactive ketones (excluding diaryl/α,β-unsaturated/α-hetero) is 1. The van der Waals surface area contributed by atoms with Gasteiger partial charge in [-0.05, 0) is 42.0 Å². The maximum Gasteiger partial charge on any atom is 0.168 e. The summed E-state index contributed by atoms with van der Waals surface area (Å²) in [6.07, 6.45) is 3.33. The Bertz CT molecular complexity index is 447. The molecule has 1 aliphatic carbocycles. The molecule has 4 nitrogen and oxygen atoms in total. The zero-order chi connectivity index (χ0) is 10.7. The standard InChI is InChI=1S/C11H11N3O/c12-14-13-7-11(15)10-5-4-8-2-1-3-9(8)6-10/h4-6H,1-3,7H2. The Morgan fingerprint density at radius 3 is 3.00 bits per heavy atom. The maximum atomic E-state index is 11.5. The Labute approximate surface area is 87.5 Å². The van der Waals surface area contributed by atoms with E-state index in [1.54, 1.807) is 0 Å². The van der Waals surface area contributed by atoms with E-state index in [2.05, 4.69) is 10.0 Å². The van der Waals surface area contributed by atoms with Crippen molar-refractivity contribution in [1.82, 2.24) is 0 Å². The van der Waals surface area contributed by atoms with Crippen LogP contribution >= 0.6 is 0 Å². The molecule has 1 aromatic rings. The van der Waals surface area contributed by atoms with Crippen molar-refractivity contribution in [2.45, 2.75) is 19.3 Å². The molecule has 0 radical (unpaired) electrons. The molecule has 0 aliphatic heterocycles. The molecule has 4 heteroatoms. The van der Waals surface area contributed by atoms with Crippen LogP contribution in [0.3, 0.4) is 0 Å². The molecule has 15 heavy (non-hydrogen) atoms. The third-order valence-corrected chi connectivity index (χ3v) is 2.70. The summed E-state index contributed by atoms with van der Waals surface area (Å²) in [4.78, 5) is 14.1. The third kappa shape index (κ3) is 2.00. The molecule has 0 N–H and O–H groups in total. The van der Waals surface area contributed by atoms with E-state index < -0.39 is 0 Å². The lowest BCUT2D eigenvalue weighted by Gasteiger charge is -2.02. The van der Waals surface area contributed by atoms with E-state index in [1.807, 2.05) is 18.2 Å². The number of carbonyl (C=O) groups excluding carboxylic acids is 1. The minimum Gasteiger partial charge on any atom is -0.294 e. The van der Waals surface area contributed by atoms with E-state index in [9.17, 15) is 4.79 Å². The van der Waals surface area contributed by atoms with Crippen LogP contribution in [0.4, 0.5) is 0 Å². The minimum atomic E-state index is -0.109. The van der Waals surface area contributed by atoms with E-state index >= 15 is 0 Å². The monoisotopic (exact) mass is 201 g/mol. The van der Waals surface area contributed by atoms with Gasteiger partial charge in [0.15, 0.2) is 5.78 Å². The first-order chi connectivity index (χ1) is 7.31. The first kappa shape index (κ1) is 9.74. The van der Waals surface area contributed by atoms with Crippen molar-refractivity contribution in [2.24, 2.45) is 5.11 Å². The molecule has 0 bridgehead atoms. The number of carbonyl (C=O) groups is 1. The van der Waals surface area contributed by atoms with Gasteiger partial charge >= 0.3 is 0 Å². The van der Waals surface area contributed by atoms with Crippen LogP contribution in [-0.4, -0.2) is 12.3 Å². The molecule has 0 atom stereocenters. The van der Waals surface area contributed by atoms with Crippen LogP contribution in [0.25, 0.3) is 10.4 Å². The van der Waals surface area contributed by atoms with Gasteiger partial charge in [0.2, 0.25) is 0 Å². The summed E-state index contributed by atoms with van der Waals surface area (Å²) in [5.74, 6) is -0.109. The second-order valence-corrected chi connectivity index (χ2v) is 3.65. The molecule has 0 saturated heterocycles. The molecule has 0 aromatic heterocycles. The van der Waals surface area contributed by atoms with E-state index in [-0.39, 0.29) is 12.3 Å². The molecule has 0 heterocycles.